The Labute approximate surface area is 148 Å². The van der Waals surface area contributed by atoms with E-state index in [2.05, 4.69) is 15.9 Å². The third-order valence-electron chi connectivity index (χ3n) is 3.47. The van der Waals surface area contributed by atoms with E-state index in [4.69, 9.17) is 10.5 Å². The highest BCUT2D eigenvalue weighted by Crippen LogP contribution is 2.19. The van der Waals surface area contributed by atoms with Crippen LogP contribution in [-0.2, 0) is 18.8 Å². The fourth-order valence-electron chi connectivity index (χ4n) is 2.06. The largest absolute Gasteiger partial charge is 0.454 e. The predicted octanol–water partition coefficient (Wildman–Crippen LogP) is 0.607. The topological polar surface area (TPSA) is 113 Å². The number of benzene rings is 1. The van der Waals surface area contributed by atoms with E-state index in [9.17, 15) is 23.6 Å². The van der Waals surface area contributed by atoms with Crippen LogP contribution in [0.1, 0.15) is 20.7 Å². The molecule has 1 aromatic carbocycles. The molecule has 0 unspecified atom stereocenters. The van der Waals surface area contributed by atoms with Gasteiger partial charge in [-0.25, -0.2) is 14.0 Å². The molecule has 2 aromatic rings. The van der Waals surface area contributed by atoms with Gasteiger partial charge in [0.15, 0.2) is 6.61 Å². The van der Waals surface area contributed by atoms with Crippen LogP contribution in [-0.4, -0.2) is 27.5 Å². The summed E-state index contributed by atoms with van der Waals surface area (Å²) in [6.07, 6.45) is 0. The molecule has 1 heterocycles. The van der Waals surface area contributed by atoms with Crippen LogP contribution in [0.2, 0.25) is 0 Å². The number of hydrogen-bond acceptors (Lipinski definition) is 6. The van der Waals surface area contributed by atoms with E-state index >= 15 is 0 Å². The Morgan fingerprint density at radius 1 is 1.24 bits per heavy atom. The smallest absolute Gasteiger partial charge is 0.339 e. The number of halogens is 2. The lowest BCUT2D eigenvalue weighted by atomic mass is 10.2. The van der Waals surface area contributed by atoms with E-state index in [0.717, 1.165) is 21.3 Å². The quantitative estimate of drug-likeness (QED) is 0.580. The Kier molecular flexibility index (Phi) is 5.21. The van der Waals surface area contributed by atoms with Crippen molar-refractivity contribution in [2.75, 3.05) is 12.3 Å². The lowest BCUT2D eigenvalue weighted by molar-refractivity contribution is 0.0473. The third kappa shape index (κ3) is 3.53. The fraction of sp³-hybridized carbons (Fsp3) is 0.200. The van der Waals surface area contributed by atoms with Crippen LogP contribution in [0.25, 0.3) is 0 Å². The van der Waals surface area contributed by atoms with Gasteiger partial charge < -0.3 is 10.5 Å². The molecule has 8 nitrogen and oxygen atoms in total. The summed E-state index contributed by atoms with van der Waals surface area (Å²) < 4.78 is 19.7. The summed E-state index contributed by atoms with van der Waals surface area (Å²) in [6, 6.07) is 3.31. The van der Waals surface area contributed by atoms with Gasteiger partial charge in [0.05, 0.1) is 5.56 Å². The molecule has 0 spiro atoms. The number of nitrogens with two attached hydrogens (primary N) is 1. The van der Waals surface area contributed by atoms with Crippen LogP contribution in [0, 0.1) is 5.82 Å². The molecule has 2 N–H and O–H groups in total. The van der Waals surface area contributed by atoms with E-state index in [1.165, 1.54) is 20.2 Å². The molecule has 0 saturated carbocycles. The van der Waals surface area contributed by atoms with Crippen molar-refractivity contribution in [3.63, 3.8) is 0 Å². The lowest BCUT2D eigenvalue weighted by Crippen LogP contribution is -2.42. The van der Waals surface area contributed by atoms with Crippen molar-refractivity contribution in [2.24, 2.45) is 14.1 Å². The second-order valence-corrected chi connectivity index (χ2v) is 5.94. The second kappa shape index (κ2) is 7.01. The van der Waals surface area contributed by atoms with Gasteiger partial charge >= 0.3 is 11.7 Å². The average molecular weight is 414 g/mol. The van der Waals surface area contributed by atoms with E-state index in [1.807, 2.05) is 0 Å². The molecule has 10 heteroatoms. The highest BCUT2D eigenvalue weighted by Gasteiger charge is 2.22. The maximum absolute atomic E-state index is 13.0. The number of ether oxygens (including phenoxy) is 1. The number of Topliss-reactive ketones (excluding diaryl/α,β-unsaturated/α-hetero) is 1. The van der Waals surface area contributed by atoms with Gasteiger partial charge in [-0.1, -0.05) is 0 Å². The molecular formula is C15H13BrFN3O5. The zero-order valence-electron chi connectivity index (χ0n) is 13.2. The van der Waals surface area contributed by atoms with Crippen molar-refractivity contribution in [3.8, 4) is 0 Å². The molecule has 0 aliphatic rings. The van der Waals surface area contributed by atoms with Crippen molar-refractivity contribution in [1.29, 1.82) is 0 Å². The van der Waals surface area contributed by atoms with Crippen LogP contribution < -0.4 is 17.0 Å². The molecule has 0 amide bonds. The summed E-state index contributed by atoms with van der Waals surface area (Å²) in [7, 11) is 2.50. The Bertz CT molecular complexity index is 996. The summed E-state index contributed by atoms with van der Waals surface area (Å²) in [4.78, 5) is 48.0. The molecular weight excluding hydrogens is 401 g/mol. The first-order chi connectivity index (χ1) is 11.6. The molecule has 0 saturated heterocycles. The van der Waals surface area contributed by atoms with Gasteiger partial charge in [-0.2, -0.15) is 0 Å². The summed E-state index contributed by atoms with van der Waals surface area (Å²) in [6.45, 7) is -0.764. The molecule has 0 aliphatic carbocycles. The Balaban J connectivity index is 2.26. The Morgan fingerprint density at radius 2 is 1.88 bits per heavy atom. The van der Waals surface area contributed by atoms with Gasteiger partial charge in [-0.15, -0.1) is 0 Å². The number of esters is 1. The third-order valence-corrected chi connectivity index (χ3v) is 4.13. The van der Waals surface area contributed by atoms with Crippen LogP contribution in [0.5, 0.6) is 0 Å². The minimum atomic E-state index is -0.888. The molecule has 1 aromatic heterocycles. The normalized spacial score (nSPS) is 10.6. The highest BCUT2D eigenvalue weighted by atomic mass is 79.9. The van der Waals surface area contributed by atoms with Gasteiger partial charge in [0.1, 0.15) is 17.2 Å². The van der Waals surface area contributed by atoms with E-state index < -0.39 is 41.0 Å². The Morgan fingerprint density at radius 3 is 2.48 bits per heavy atom. The van der Waals surface area contributed by atoms with Crippen molar-refractivity contribution in [3.05, 3.63) is 60.5 Å². The Hall–Kier alpha value is -2.75. The van der Waals surface area contributed by atoms with Crippen LogP contribution >= 0.6 is 15.9 Å². The lowest BCUT2D eigenvalue weighted by Gasteiger charge is -2.11. The molecule has 0 aliphatic heterocycles. The van der Waals surface area contributed by atoms with Gasteiger partial charge in [0.2, 0.25) is 5.78 Å². The van der Waals surface area contributed by atoms with Crippen LogP contribution in [0.4, 0.5) is 10.2 Å². The first-order valence-electron chi connectivity index (χ1n) is 6.86. The number of carbonyl (C=O) groups excluding carboxylic acids is 2. The van der Waals surface area contributed by atoms with E-state index in [-0.39, 0.29) is 15.9 Å². The molecule has 0 radical (unpaired) electrons. The number of anilines is 1. The molecule has 0 atom stereocenters. The predicted molar refractivity (Wildman–Crippen MR) is 90.0 cm³/mol. The van der Waals surface area contributed by atoms with E-state index in [1.54, 1.807) is 0 Å². The first kappa shape index (κ1) is 18.6. The average Bonchev–Trinajstić information content (AvgIpc) is 2.56. The molecule has 2 rings (SSSR count). The summed E-state index contributed by atoms with van der Waals surface area (Å²) >= 11 is 3.01. The molecule has 0 bridgehead atoms. The van der Waals surface area contributed by atoms with Gasteiger partial charge in [-0.3, -0.25) is 18.7 Å². The van der Waals surface area contributed by atoms with Crippen LogP contribution in [0.15, 0.2) is 32.3 Å². The number of nitrogen functional groups attached to an aromatic ring is 1. The highest BCUT2D eigenvalue weighted by molar-refractivity contribution is 9.10. The summed E-state index contributed by atoms with van der Waals surface area (Å²) in [5.41, 5.74) is 3.64. The zero-order chi connectivity index (χ0) is 18.9. The maximum Gasteiger partial charge on any atom is 0.339 e. The minimum absolute atomic E-state index is 0.00976. The van der Waals surface area contributed by atoms with Crippen molar-refractivity contribution in [2.45, 2.75) is 0 Å². The summed E-state index contributed by atoms with van der Waals surface area (Å²) in [5.74, 6) is -2.63. The monoisotopic (exact) mass is 413 g/mol. The number of nitrogens with zero attached hydrogens (tertiary/aromatic N) is 2. The molecule has 132 valence electrons. The van der Waals surface area contributed by atoms with Crippen LogP contribution in [0.3, 0.4) is 0 Å². The molecule has 0 fully saturated rings. The van der Waals surface area contributed by atoms with Gasteiger partial charge in [-0.05, 0) is 34.1 Å². The summed E-state index contributed by atoms with van der Waals surface area (Å²) in [5, 5.41) is 0. The second-order valence-electron chi connectivity index (χ2n) is 5.09. The fourth-order valence-corrected chi connectivity index (χ4v) is 2.57. The minimum Gasteiger partial charge on any atom is -0.454 e. The number of rotatable bonds is 4. The van der Waals surface area contributed by atoms with Crippen molar-refractivity contribution >= 4 is 33.5 Å². The number of hydrogen-bond donors (Lipinski definition) is 1. The standard InChI is InChI=1S/C15H13BrFN3O5/c1-19-12(18)11(13(22)20(2)15(19)24)10(21)6-25-14(23)8-4-3-7(17)5-9(8)16/h3-5H,6,18H2,1-2H3. The number of carbonyl (C=O) groups is 2. The van der Waals surface area contributed by atoms with E-state index in [0.29, 0.717) is 0 Å². The van der Waals surface area contributed by atoms with Crippen molar-refractivity contribution in [1.82, 2.24) is 9.13 Å². The molecule has 25 heavy (non-hydrogen) atoms. The first-order valence-corrected chi connectivity index (χ1v) is 7.65. The van der Waals surface area contributed by atoms with Crippen molar-refractivity contribution < 1.29 is 18.7 Å². The van der Waals surface area contributed by atoms with Gasteiger partial charge in [0.25, 0.3) is 5.56 Å². The SMILES string of the molecule is Cn1c(N)c(C(=O)COC(=O)c2ccc(F)cc2Br)c(=O)n(C)c1=O. The zero-order valence-corrected chi connectivity index (χ0v) is 14.8. The number of ketones is 1. The van der Waals surface area contributed by atoms with Gasteiger partial charge in [0, 0.05) is 18.6 Å². The number of aromatic nitrogens is 2. The maximum atomic E-state index is 13.0.